The van der Waals surface area contributed by atoms with Crippen molar-refractivity contribution in [3.63, 3.8) is 0 Å². The second-order valence-electron chi connectivity index (χ2n) is 26.2. The van der Waals surface area contributed by atoms with Gasteiger partial charge in [-0.05, 0) is 118 Å². The van der Waals surface area contributed by atoms with E-state index in [-0.39, 0.29) is 99.1 Å². The molecule has 28 nitrogen and oxygen atoms in total. The molecule has 10 amide bonds. The number of aromatic amines is 2. The first-order valence-electron chi connectivity index (χ1n) is 31.6. The lowest BCUT2D eigenvalue weighted by atomic mass is 9.72. The summed E-state index contributed by atoms with van der Waals surface area (Å²) in [6.07, 6.45) is 5.18. The van der Waals surface area contributed by atoms with Gasteiger partial charge in [-0.3, -0.25) is 38.6 Å². The first-order chi connectivity index (χ1) is 45.0. The number of urea groups is 1. The molecule has 8 atom stereocenters. The molecule has 1 spiro atoms. The van der Waals surface area contributed by atoms with Crippen LogP contribution in [0.25, 0.3) is 21.8 Å². The quantitative estimate of drug-likeness (QED) is 0.0149. The van der Waals surface area contributed by atoms with E-state index < -0.39 is 90.0 Å². The molecule has 512 valence electrons. The lowest BCUT2D eigenvalue weighted by Gasteiger charge is -2.37. The van der Waals surface area contributed by atoms with Crippen LogP contribution in [0.2, 0.25) is 0 Å². The van der Waals surface area contributed by atoms with E-state index >= 15 is 4.79 Å². The molecule has 3 aromatic carbocycles. The second kappa shape index (κ2) is 27.5. The average Bonchev–Trinajstić information content (AvgIpc) is 1.40. The zero-order chi connectivity index (χ0) is 68.8. The van der Waals surface area contributed by atoms with Crippen molar-refractivity contribution in [2.75, 3.05) is 80.2 Å². The smallest absolute Gasteiger partial charge is 0.445 e. The molecule has 2 aliphatic heterocycles. The summed E-state index contributed by atoms with van der Waals surface area (Å²) in [5, 5.41) is 14.8. The van der Waals surface area contributed by atoms with E-state index in [1.54, 1.807) is 66.4 Å². The average molecular weight is 1380 g/mol. The lowest BCUT2D eigenvalue weighted by Crippen LogP contribution is -2.57. The molecule has 0 bridgehead atoms. The molecule has 13 N–H and O–H groups in total. The number of hydrogen-bond donors (Lipinski definition) is 11. The summed E-state index contributed by atoms with van der Waals surface area (Å²) in [5.41, 5.74) is 14.8. The number of phosphoric acid groups is 1. The van der Waals surface area contributed by atoms with Crippen LogP contribution >= 0.6 is 31.0 Å². The fourth-order valence-corrected chi connectivity index (χ4v) is 15.4. The number of halogens is 2. The van der Waals surface area contributed by atoms with Gasteiger partial charge in [-0.2, -0.15) is 0 Å². The van der Waals surface area contributed by atoms with Crippen molar-refractivity contribution >= 4 is 124 Å². The van der Waals surface area contributed by atoms with Gasteiger partial charge in [-0.1, -0.05) is 26.0 Å². The van der Waals surface area contributed by atoms with Gasteiger partial charge in [0.1, 0.15) is 24.7 Å². The van der Waals surface area contributed by atoms with Crippen LogP contribution < -0.4 is 57.1 Å². The molecule has 31 heteroatoms. The van der Waals surface area contributed by atoms with E-state index in [9.17, 15) is 52.7 Å². The predicted molar refractivity (Wildman–Crippen MR) is 354 cm³/mol. The second-order valence-corrected chi connectivity index (χ2v) is 27.9. The van der Waals surface area contributed by atoms with Gasteiger partial charge >= 0.3 is 26.0 Å². The largest absolute Gasteiger partial charge is 0.524 e. The van der Waals surface area contributed by atoms with Crippen LogP contribution in [0.5, 0.6) is 11.5 Å². The fraction of sp³-hybridized carbons (Fsp3) is 0.516. The van der Waals surface area contributed by atoms with Gasteiger partial charge in [-0.15, -0.1) is 23.2 Å². The molecular weight excluding hydrogens is 1290 g/mol. The molecule has 5 aromatic rings. The minimum absolute atomic E-state index is 0.0270. The minimum atomic E-state index is -5.00. The maximum absolute atomic E-state index is 15.2. The van der Waals surface area contributed by atoms with Crippen LogP contribution in [0.1, 0.15) is 112 Å². The van der Waals surface area contributed by atoms with Crippen LogP contribution in [0, 0.1) is 36.0 Å². The maximum Gasteiger partial charge on any atom is 0.524 e. The van der Waals surface area contributed by atoms with Gasteiger partial charge in [0.25, 0.3) is 0 Å². The van der Waals surface area contributed by atoms with Gasteiger partial charge < -0.3 is 81.6 Å². The highest BCUT2D eigenvalue weighted by Gasteiger charge is 3.01. The first-order valence-corrected chi connectivity index (χ1v) is 34.2. The van der Waals surface area contributed by atoms with Gasteiger partial charge in [-0.25, -0.2) is 18.9 Å². The number of unbranched alkanes of at least 4 members (excludes halogenated alkanes) is 1. The zero-order valence-electron chi connectivity index (χ0n) is 54.0. The topological polar surface area (TPSA) is 396 Å². The SMILES string of the molecule is CC(=O)NC(CCCCN)C(=O)NC(C(=O)NC(CCCNC(N)=O)C(=O)Nc1ccc(COC(=O)N(C)CCN(C)C(=O)Oc2cc3c(c4c(C)c[nH]c24)C(CCl)CN3C(=O)C23CC4(C(=O)N5CC(CCl)c6c5cc(OP(=O)(O)O)c5[nH]cc(C)c65)CC24C3)cc1)C(C)C. The Morgan fingerprint density at radius 3 is 1.79 bits per heavy atom. The Balaban J connectivity index is 0.739. The number of benzene rings is 3. The number of hydrogen-bond acceptors (Lipinski definition) is 14. The molecule has 4 heterocycles. The van der Waals surface area contributed by atoms with Crippen molar-refractivity contribution < 1.29 is 71.5 Å². The molecule has 3 aliphatic carbocycles. The number of nitrogens with zero attached hydrogens (tertiary/aromatic N) is 4. The van der Waals surface area contributed by atoms with E-state index in [0.29, 0.717) is 84.1 Å². The summed E-state index contributed by atoms with van der Waals surface area (Å²) >= 11 is 13.2. The summed E-state index contributed by atoms with van der Waals surface area (Å²) in [7, 11) is -1.97. The Morgan fingerprint density at radius 1 is 0.737 bits per heavy atom. The number of aryl methyl sites for hydroxylation is 2. The lowest BCUT2D eigenvalue weighted by molar-refractivity contribution is -0.134. The van der Waals surface area contributed by atoms with Crippen LogP contribution in [0.3, 0.4) is 0 Å². The van der Waals surface area contributed by atoms with Crippen LogP contribution in [-0.4, -0.2) is 166 Å². The van der Waals surface area contributed by atoms with E-state index in [1.165, 1.54) is 36.9 Å². The number of primary amides is 1. The molecule has 0 saturated heterocycles. The number of carbonyl (C=O) groups excluding carboxylic acids is 9. The van der Waals surface area contributed by atoms with E-state index in [0.717, 1.165) is 27.6 Å². The molecule has 0 radical (unpaired) electrons. The van der Waals surface area contributed by atoms with Crippen molar-refractivity contribution in [1.29, 1.82) is 0 Å². The van der Waals surface area contributed by atoms with Crippen molar-refractivity contribution in [3.8, 4) is 11.5 Å². The Hall–Kier alpha value is -8.14. The summed E-state index contributed by atoms with van der Waals surface area (Å²) in [4.78, 5) is 154. The molecule has 3 fully saturated rings. The monoisotopic (exact) mass is 1370 g/mol. The molecule has 10 rings (SSSR count). The van der Waals surface area contributed by atoms with Crippen molar-refractivity contribution in [2.24, 2.45) is 33.6 Å². The predicted octanol–water partition coefficient (Wildman–Crippen LogP) is 6.29. The van der Waals surface area contributed by atoms with Crippen LogP contribution in [-0.2, 0) is 44.7 Å². The van der Waals surface area contributed by atoms with Crippen molar-refractivity contribution in [3.05, 3.63) is 76.6 Å². The highest BCUT2D eigenvalue weighted by molar-refractivity contribution is 7.46. The van der Waals surface area contributed by atoms with Crippen molar-refractivity contribution in [2.45, 2.75) is 123 Å². The number of ether oxygens (including phenoxy) is 2. The Labute approximate surface area is 558 Å². The van der Waals surface area contributed by atoms with Crippen LogP contribution in [0.4, 0.5) is 31.4 Å². The number of alkyl halides is 2. The number of fused-ring (bicyclic) bond motifs is 6. The van der Waals surface area contributed by atoms with Crippen molar-refractivity contribution in [1.82, 2.24) is 41.0 Å². The number of likely N-dealkylation sites (N-methyl/N-ethyl adjacent to an activating group) is 2. The molecule has 5 aliphatic rings. The highest BCUT2D eigenvalue weighted by Crippen LogP contribution is 3.01. The Bertz CT molecular complexity index is 3940. The number of nitrogens with one attached hydrogen (secondary N) is 7. The number of anilines is 3. The third-order valence-corrected chi connectivity index (χ3v) is 20.6. The Kier molecular flexibility index (Phi) is 20.2. The number of H-pyrrole nitrogens is 2. The number of phosphoric ester groups is 1. The summed E-state index contributed by atoms with van der Waals surface area (Å²) < 4.78 is 29.0. The van der Waals surface area contributed by atoms with Crippen LogP contribution in [0.15, 0.2) is 48.8 Å². The summed E-state index contributed by atoms with van der Waals surface area (Å²) in [6, 6.07) is 5.71. The number of nitrogens with two attached hydrogens (primary N) is 2. The fourth-order valence-electron chi connectivity index (χ4n) is 14.5. The minimum Gasteiger partial charge on any atom is -0.445 e. The van der Waals surface area contributed by atoms with Gasteiger partial charge in [0, 0.05) is 124 Å². The van der Waals surface area contributed by atoms with Gasteiger partial charge in [0.2, 0.25) is 35.4 Å². The number of rotatable bonds is 28. The zero-order valence-corrected chi connectivity index (χ0v) is 56.4. The third kappa shape index (κ3) is 13.6. The number of carbonyl (C=O) groups is 9. The summed E-state index contributed by atoms with van der Waals surface area (Å²) in [5.74, 6) is -3.06. The van der Waals surface area contributed by atoms with E-state index in [2.05, 4.69) is 36.6 Å². The number of amides is 10. The van der Waals surface area contributed by atoms with Gasteiger partial charge in [0.05, 0.1) is 33.2 Å². The normalized spacial score (nSPS) is 21.2. The molecule has 95 heavy (non-hydrogen) atoms. The molecule has 8 unspecified atom stereocenters. The first kappa shape index (κ1) is 69.7. The Morgan fingerprint density at radius 2 is 1.27 bits per heavy atom. The standard InChI is InChI=1S/C64H82Cl2N13O15P/c1-33(2)51(75-55(82)41(72-36(5)80)11-8-9-17-67)56(83)74-42(12-10-18-69-59(68)86)54(81)73-40-15-13-37(14-16-40)29-92-60(87)76(6)19-20-77(7)61(88)93-45-21-43-49(47-34(3)25-70-52(45)47)38(23-65)27-78(43)57(84)62-30-63(32-64(62,63)31-62)58(85)79-28-39(24-66)50-44(79)22-46(94-95(89,90)91)53-48(50)35(4)26-71-53/h13-16,21-22,25-26,33,38-39,41-42,51,70-71H,8-12,17-20,23-24,27-32,67H2,1-7H3,(H,72,80)(H,73,81)(H,74,83)(H,75,82)(H3,68,69,86)(H2,89,90,91). The highest BCUT2D eigenvalue weighted by atomic mass is 35.5. The molecule has 3 saturated carbocycles. The maximum atomic E-state index is 15.2. The number of aromatic nitrogens is 2. The molecule has 2 aromatic heterocycles. The third-order valence-electron chi connectivity index (χ3n) is 19.4. The summed E-state index contributed by atoms with van der Waals surface area (Å²) in [6.45, 7) is 9.43. The van der Waals surface area contributed by atoms with Gasteiger partial charge in [0.15, 0.2) is 11.5 Å². The molecular formula is C64H82Cl2N13O15P. The van der Waals surface area contributed by atoms with E-state index in [4.69, 9.17) is 48.7 Å². The van der Waals surface area contributed by atoms with E-state index in [1.807, 2.05) is 13.8 Å².